The molecule has 5 heteroatoms. The van der Waals surface area contributed by atoms with Crippen LogP contribution in [-0.4, -0.2) is 38.5 Å². The molecule has 2 rings (SSSR count). The summed E-state index contributed by atoms with van der Waals surface area (Å²) < 4.78 is 21.4. The van der Waals surface area contributed by atoms with E-state index in [1.807, 2.05) is 0 Å². The van der Waals surface area contributed by atoms with Crippen molar-refractivity contribution < 1.29 is 23.7 Å². The van der Waals surface area contributed by atoms with E-state index in [-0.39, 0.29) is 6.10 Å². The zero-order valence-corrected chi connectivity index (χ0v) is 12.5. The van der Waals surface area contributed by atoms with E-state index < -0.39 is 12.1 Å². The Hall–Kier alpha value is -1.59. The van der Waals surface area contributed by atoms with Gasteiger partial charge in [0.15, 0.2) is 6.10 Å². The van der Waals surface area contributed by atoms with Crippen molar-refractivity contribution in [2.45, 2.75) is 38.4 Å². The van der Waals surface area contributed by atoms with E-state index in [0.717, 1.165) is 25.9 Å². The van der Waals surface area contributed by atoms with E-state index in [2.05, 4.69) is 0 Å². The number of carbonyl (C=O) groups is 1. The number of hydrogen-bond acceptors (Lipinski definition) is 5. The van der Waals surface area contributed by atoms with Crippen LogP contribution in [0.15, 0.2) is 24.3 Å². The Morgan fingerprint density at radius 3 is 2.62 bits per heavy atom. The maximum atomic E-state index is 11.9. The summed E-state index contributed by atoms with van der Waals surface area (Å²) in [6, 6.07) is 6.86. The number of hydrogen-bond donors (Lipinski definition) is 0. The molecular weight excluding hydrogens is 272 g/mol. The van der Waals surface area contributed by atoms with Gasteiger partial charge in [-0.25, -0.2) is 4.79 Å². The Labute approximate surface area is 125 Å². The molecule has 0 bridgehead atoms. The number of rotatable bonds is 6. The minimum atomic E-state index is -0.613. The van der Waals surface area contributed by atoms with E-state index in [1.165, 1.54) is 0 Å². The lowest BCUT2D eigenvalue weighted by atomic mass is 10.1. The van der Waals surface area contributed by atoms with Crippen molar-refractivity contribution in [3.05, 3.63) is 24.3 Å². The Balaban J connectivity index is 1.75. The lowest BCUT2D eigenvalue weighted by Crippen LogP contribution is -2.31. The molecule has 21 heavy (non-hydrogen) atoms. The third kappa shape index (κ3) is 5.02. The molecule has 1 aliphatic heterocycles. The molecule has 1 fully saturated rings. The van der Waals surface area contributed by atoms with Gasteiger partial charge in [-0.05, 0) is 50.5 Å². The molecule has 116 valence electrons. The molecule has 0 saturated carbocycles. The highest BCUT2D eigenvalue weighted by molar-refractivity contribution is 5.76. The number of carbonyl (C=O) groups excluding carboxylic acids is 1. The zero-order valence-electron chi connectivity index (χ0n) is 12.5. The molecule has 0 amide bonds. The molecular formula is C16H22O5. The van der Waals surface area contributed by atoms with Crippen molar-refractivity contribution >= 4 is 5.97 Å². The minimum absolute atomic E-state index is 0.0926. The summed E-state index contributed by atoms with van der Waals surface area (Å²) in [5, 5.41) is 0. The highest BCUT2D eigenvalue weighted by atomic mass is 16.6. The van der Waals surface area contributed by atoms with Crippen LogP contribution in [0.5, 0.6) is 11.5 Å². The summed E-state index contributed by atoms with van der Waals surface area (Å²) in [6.07, 6.45) is 2.72. The van der Waals surface area contributed by atoms with Crippen LogP contribution in [0, 0.1) is 0 Å². The summed E-state index contributed by atoms with van der Waals surface area (Å²) in [5.74, 6) is 0.787. The Morgan fingerprint density at radius 1 is 1.29 bits per heavy atom. The van der Waals surface area contributed by atoms with Crippen molar-refractivity contribution in [2.24, 2.45) is 0 Å². The average Bonchev–Trinajstić information content (AvgIpc) is 2.54. The second-order valence-electron chi connectivity index (χ2n) is 5.06. The highest BCUT2D eigenvalue weighted by Gasteiger charge is 2.20. The first kappa shape index (κ1) is 15.8. The van der Waals surface area contributed by atoms with Crippen LogP contribution in [0.1, 0.15) is 26.2 Å². The molecule has 1 saturated heterocycles. The topological polar surface area (TPSA) is 54.0 Å². The largest absolute Gasteiger partial charge is 0.497 e. The van der Waals surface area contributed by atoms with Gasteiger partial charge in [-0.3, -0.25) is 0 Å². The van der Waals surface area contributed by atoms with Gasteiger partial charge in [0.25, 0.3) is 0 Å². The third-order valence-electron chi connectivity index (χ3n) is 3.42. The maximum Gasteiger partial charge on any atom is 0.340 e. The lowest BCUT2D eigenvalue weighted by molar-refractivity contribution is -0.149. The number of methoxy groups -OCH3 is 1. The summed E-state index contributed by atoms with van der Waals surface area (Å²) in [7, 11) is 1.59. The molecule has 0 aliphatic carbocycles. The molecule has 0 N–H and O–H groups in total. The van der Waals surface area contributed by atoms with E-state index in [0.29, 0.717) is 18.1 Å². The summed E-state index contributed by atoms with van der Waals surface area (Å²) in [5.41, 5.74) is 0. The molecule has 2 atom stereocenters. The van der Waals surface area contributed by atoms with Crippen LogP contribution in [0.2, 0.25) is 0 Å². The van der Waals surface area contributed by atoms with E-state index >= 15 is 0 Å². The van der Waals surface area contributed by atoms with Crippen molar-refractivity contribution in [2.75, 3.05) is 20.3 Å². The van der Waals surface area contributed by atoms with Crippen molar-refractivity contribution in [1.29, 1.82) is 0 Å². The summed E-state index contributed by atoms with van der Waals surface area (Å²) in [4.78, 5) is 11.9. The summed E-state index contributed by atoms with van der Waals surface area (Å²) in [6.45, 7) is 2.90. The van der Waals surface area contributed by atoms with E-state index in [4.69, 9.17) is 18.9 Å². The minimum Gasteiger partial charge on any atom is -0.497 e. The highest BCUT2D eigenvalue weighted by Crippen LogP contribution is 2.18. The smallest absolute Gasteiger partial charge is 0.340 e. The van der Waals surface area contributed by atoms with Crippen LogP contribution in [0.25, 0.3) is 0 Å². The quantitative estimate of drug-likeness (QED) is 0.596. The fraction of sp³-hybridized carbons (Fsp3) is 0.562. The maximum absolute atomic E-state index is 11.9. The van der Waals surface area contributed by atoms with Gasteiger partial charge in [-0.2, -0.15) is 0 Å². The molecule has 1 aromatic carbocycles. The first-order chi connectivity index (χ1) is 10.2. The molecule has 0 spiro atoms. The normalized spacial score (nSPS) is 19.8. The predicted octanol–water partition coefficient (Wildman–Crippen LogP) is 2.57. The Kier molecular flexibility index (Phi) is 6.02. The third-order valence-corrected chi connectivity index (χ3v) is 3.42. The molecule has 2 unspecified atom stereocenters. The van der Waals surface area contributed by atoms with Gasteiger partial charge >= 0.3 is 5.97 Å². The van der Waals surface area contributed by atoms with Crippen LogP contribution in [0.4, 0.5) is 0 Å². The first-order valence-corrected chi connectivity index (χ1v) is 7.28. The van der Waals surface area contributed by atoms with Crippen molar-refractivity contribution in [3.8, 4) is 11.5 Å². The average molecular weight is 294 g/mol. The predicted molar refractivity (Wildman–Crippen MR) is 77.6 cm³/mol. The van der Waals surface area contributed by atoms with E-state index in [1.54, 1.807) is 38.3 Å². The van der Waals surface area contributed by atoms with Crippen molar-refractivity contribution in [1.82, 2.24) is 0 Å². The molecule has 1 heterocycles. The number of esters is 1. The fourth-order valence-electron chi connectivity index (χ4n) is 2.10. The van der Waals surface area contributed by atoms with Gasteiger partial charge in [-0.15, -0.1) is 0 Å². The van der Waals surface area contributed by atoms with Gasteiger partial charge in [0, 0.05) is 6.61 Å². The Morgan fingerprint density at radius 2 is 2.00 bits per heavy atom. The van der Waals surface area contributed by atoms with Gasteiger partial charge in [0.2, 0.25) is 0 Å². The molecule has 0 aromatic heterocycles. The van der Waals surface area contributed by atoms with Gasteiger partial charge in [-0.1, -0.05) is 0 Å². The second-order valence-corrected chi connectivity index (χ2v) is 5.06. The SMILES string of the molecule is COc1ccc(OC(=O)C(C)OCC2CCCCO2)cc1. The lowest BCUT2D eigenvalue weighted by Gasteiger charge is -2.23. The van der Waals surface area contributed by atoms with Crippen molar-refractivity contribution in [3.63, 3.8) is 0 Å². The van der Waals surface area contributed by atoms with Gasteiger partial charge in [0.1, 0.15) is 11.5 Å². The first-order valence-electron chi connectivity index (χ1n) is 7.28. The number of ether oxygens (including phenoxy) is 4. The van der Waals surface area contributed by atoms with Crippen LogP contribution < -0.4 is 9.47 Å². The second kappa shape index (κ2) is 8.00. The standard InChI is InChI=1S/C16H22O5/c1-12(20-11-15-5-3-4-10-19-15)16(17)21-14-8-6-13(18-2)7-9-14/h6-9,12,15H,3-5,10-11H2,1-2H3. The number of benzene rings is 1. The fourth-order valence-corrected chi connectivity index (χ4v) is 2.10. The van der Waals surface area contributed by atoms with Crippen LogP contribution in [-0.2, 0) is 14.3 Å². The monoisotopic (exact) mass is 294 g/mol. The molecule has 5 nitrogen and oxygen atoms in total. The molecule has 1 aliphatic rings. The Bertz CT molecular complexity index is 436. The van der Waals surface area contributed by atoms with Gasteiger partial charge < -0.3 is 18.9 Å². The van der Waals surface area contributed by atoms with Crippen LogP contribution in [0.3, 0.4) is 0 Å². The summed E-state index contributed by atoms with van der Waals surface area (Å²) >= 11 is 0. The zero-order chi connectivity index (χ0) is 15.1. The van der Waals surface area contributed by atoms with Crippen LogP contribution >= 0.6 is 0 Å². The van der Waals surface area contributed by atoms with E-state index in [9.17, 15) is 4.79 Å². The molecule has 1 aromatic rings. The molecule has 0 radical (unpaired) electrons. The van der Waals surface area contributed by atoms with Gasteiger partial charge in [0.05, 0.1) is 19.8 Å².